The number of isothiocyanates is 3. The van der Waals surface area contributed by atoms with E-state index < -0.39 is 0 Å². The minimum atomic E-state index is 0. The molecule has 0 saturated heterocycles. The largest absolute Gasteiger partial charge is 3.00 e. The van der Waals surface area contributed by atoms with Crippen LogP contribution in [0.5, 0.6) is 0 Å². The Morgan fingerprint density at radius 1 is 0.528 bits per heavy atom. The first-order valence-corrected chi connectivity index (χ1v) is 11.3. The molecule has 3 heterocycles. The number of pyridine rings is 2. The molecule has 2 aromatic heterocycles. The second kappa shape index (κ2) is 27.2. The summed E-state index contributed by atoms with van der Waals surface area (Å²) in [4.78, 5) is 26.7. The third-order valence-electron chi connectivity index (χ3n) is 3.63. The number of hydrogen-bond donors (Lipinski definition) is 0. The number of hydrogen-bond acceptors (Lipinski definition) is 9. The Bertz CT molecular complexity index is 943. The van der Waals surface area contributed by atoms with Crippen LogP contribution in [0.25, 0.3) is 16.2 Å². The normalized spacial score (nSPS) is 12.0. The Hall–Kier alpha value is -2.37. The molecule has 0 unspecified atom stereocenters. The van der Waals surface area contributed by atoms with E-state index in [-0.39, 0.29) is 37.3 Å². The van der Waals surface area contributed by atoms with E-state index in [0.717, 1.165) is 61.8 Å². The predicted molar refractivity (Wildman–Crippen MR) is 155 cm³/mol. The first-order valence-electron chi connectivity index (χ1n) is 10.1. The molecule has 1 aliphatic heterocycles. The van der Waals surface area contributed by atoms with Crippen molar-refractivity contribution in [3.8, 4) is 0 Å². The molecule has 13 heteroatoms. The maximum absolute atomic E-state index is 7.13. The molecule has 0 aromatic carbocycles. The maximum atomic E-state index is 7.13. The summed E-state index contributed by atoms with van der Waals surface area (Å²) in [5.41, 5.74) is 3.38. The van der Waals surface area contributed by atoms with Crippen LogP contribution < -0.4 is 0 Å². The van der Waals surface area contributed by atoms with E-state index in [1.54, 1.807) is 24.9 Å². The van der Waals surface area contributed by atoms with Crippen LogP contribution in [-0.2, 0) is 0 Å². The van der Waals surface area contributed by atoms with E-state index in [0.29, 0.717) is 0 Å². The van der Waals surface area contributed by atoms with Crippen LogP contribution in [0.15, 0.2) is 56.4 Å². The Morgan fingerprint density at radius 3 is 0.972 bits per heavy atom. The van der Waals surface area contributed by atoms with Crippen molar-refractivity contribution >= 4 is 77.0 Å². The second-order valence-electron chi connectivity index (χ2n) is 6.10. The number of fused-ring (bicyclic) bond motifs is 4. The van der Waals surface area contributed by atoms with Gasteiger partial charge in [-0.2, -0.15) is 15.5 Å². The molecule has 0 amide bonds. The van der Waals surface area contributed by atoms with Crippen molar-refractivity contribution in [2.75, 3.05) is 26.2 Å². The molecule has 9 nitrogen and oxygen atoms in total. The standard InChI is InChI=1S/C20H22N6.3CNS.Er/c1-5-17-13-21-9-3-11-23-15-19-7-2-8-20(26-19)16-24-12-4-10-22-14-18(6-1)25-17;3*2-1-3;/h1-2,5-8,13-16H,3-4,9-12H2;;;;/q;3*-1;+3. The molecule has 36 heavy (non-hydrogen) atoms. The van der Waals surface area contributed by atoms with Crippen LogP contribution in [0.2, 0.25) is 0 Å². The van der Waals surface area contributed by atoms with Gasteiger partial charge in [0.25, 0.3) is 0 Å². The molecule has 1 aliphatic rings. The van der Waals surface area contributed by atoms with Crippen molar-refractivity contribution in [1.29, 1.82) is 0 Å². The second-order valence-corrected chi connectivity index (χ2v) is 6.64. The van der Waals surface area contributed by atoms with Gasteiger partial charge in [-0.15, -0.1) is 0 Å². The number of thiocarbonyl (C=S) groups is 3. The van der Waals surface area contributed by atoms with Gasteiger partial charge in [-0.05, 0) is 37.1 Å². The summed E-state index contributed by atoms with van der Waals surface area (Å²) in [5, 5.41) is 25.4. The Labute approximate surface area is 256 Å². The molecule has 2 aromatic rings. The molecule has 0 N–H and O–H groups in total. The maximum Gasteiger partial charge on any atom is 3.00 e. The van der Waals surface area contributed by atoms with E-state index in [1.165, 1.54) is 15.5 Å². The summed E-state index contributed by atoms with van der Waals surface area (Å²) in [5.74, 6) is 0. The van der Waals surface area contributed by atoms with Gasteiger partial charge >= 0.3 is 37.3 Å². The molecular formula is C23H22ErN9S3. The van der Waals surface area contributed by atoms with E-state index in [2.05, 4.69) is 66.6 Å². The first-order chi connectivity index (χ1) is 17.1. The van der Waals surface area contributed by atoms with E-state index >= 15 is 0 Å². The summed E-state index contributed by atoms with van der Waals surface area (Å²) in [7, 11) is 0. The van der Waals surface area contributed by atoms with Gasteiger partial charge in [0, 0.05) is 51.0 Å². The third kappa shape index (κ3) is 21.0. The van der Waals surface area contributed by atoms with Gasteiger partial charge in [0.15, 0.2) is 0 Å². The van der Waals surface area contributed by atoms with Crippen LogP contribution in [-0.4, -0.2) is 76.5 Å². The zero-order valence-corrected chi connectivity index (χ0v) is 23.4. The predicted octanol–water partition coefficient (Wildman–Crippen LogP) is 4.62. The van der Waals surface area contributed by atoms with Crippen LogP contribution >= 0.6 is 36.7 Å². The van der Waals surface area contributed by atoms with Crippen molar-refractivity contribution in [2.24, 2.45) is 20.0 Å². The number of nitrogens with zero attached hydrogens (tertiary/aromatic N) is 9. The number of aliphatic imine (C=N–C) groups is 4. The molecular weight excluding hydrogens is 666 g/mol. The summed E-state index contributed by atoms with van der Waals surface area (Å²) >= 11 is 11.1. The smallest absolute Gasteiger partial charge is 0.753 e. The minimum Gasteiger partial charge on any atom is -0.753 e. The zero-order chi connectivity index (χ0) is 26.0. The molecule has 0 fully saturated rings. The van der Waals surface area contributed by atoms with Crippen LogP contribution in [0.4, 0.5) is 0 Å². The average Bonchev–Trinajstić information content (AvgIpc) is 2.84. The van der Waals surface area contributed by atoms with Crippen LogP contribution in [0.3, 0.4) is 0 Å². The quantitative estimate of drug-likeness (QED) is 0.294. The Morgan fingerprint density at radius 2 is 0.750 bits per heavy atom. The third-order valence-corrected chi connectivity index (χ3v) is 3.63. The van der Waals surface area contributed by atoms with E-state index in [4.69, 9.17) is 16.2 Å². The molecule has 0 saturated carbocycles. The number of aromatic nitrogens is 2. The van der Waals surface area contributed by atoms with Crippen LogP contribution in [0, 0.1) is 37.3 Å². The minimum absolute atomic E-state index is 0. The van der Waals surface area contributed by atoms with Gasteiger partial charge in [0.05, 0.1) is 22.8 Å². The summed E-state index contributed by atoms with van der Waals surface area (Å²) in [6, 6.07) is 11.7. The molecule has 189 valence electrons. The SMILES string of the molecule is C1=NCCCN=Cc2cccc(n2)C=NCCCN=Cc2cccc1n2.[Er+3].[N-]=C=S.[N-]=C=S.[N-]=C=S. The average molecular weight is 688 g/mol. The van der Waals surface area contributed by atoms with Crippen molar-refractivity contribution in [2.45, 2.75) is 12.8 Å². The van der Waals surface area contributed by atoms with Gasteiger partial charge in [-0.1, -0.05) is 48.8 Å². The first kappa shape index (κ1) is 35.8. The topological polar surface area (TPSA) is 142 Å². The fourth-order valence-corrected chi connectivity index (χ4v) is 2.36. The molecule has 1 radical (unpaired) electrons. The molecule has 0 spiro atoms. The molecule has 4 bridgehead atoms. The summed E-state index contributed by atoms with van der Waals surface area (Å²) in [6.45, 7) is 2.88. The van der Waals surface area contributed by atoms with Gasteiger partial charge in [-0.25, -0.2) is 9.97 Å². The summed E-state index contributed by atoms with van der Waals surface area (Å²) < 4.78 is 0. The van der Waals surface area contributed by atoms with Crippen LogP contribution in [0.1, 0.15) is 35.6 Å². The molecule has 3 rings (SSSR count). The van der Waals surface area contributed by atoms with Gasteiger partial charge in [0.1, 0.15) is 0 Å². The number of rotatable bonds is 0. The van der Waals surface area contributed by atoms with Gasteiger partial charge < -0.3 is 16.2 Å². The fraction of sp³-hybridized carbons (Fsp3) is 0.261. The van der Waals surface area contributed by atoms with Crippen molar-refractivity contribution in [3.63, 3.8) is 0 Å². The van der Waals surface area contributed by atoms with Crippen molar-refractivity contribution in [1.82, 2.24) is 9.97 Å². The van der Waals surface area contributed by atoms with E-state index in [1.807, 2.05) is 36.4 Å². The van der Waals surface area contributed by atoms with E-state index in [9.17, 15) is 0 Å². The van der Waals surface area contributed by atoms with Gasteiger partial charge in [-0.3, -0.25) is 20.0 Å². The molecule has 0 atom stereocenters. The van der Waals surface area contributed by atoms with Crippen molar-refractivity contribution in [3.05, 3.63) is 75.4 Å². The monoisotopic (exact) mass is 686 g/mol. The molecule has 0 aliphatic carbocycles. The Kier molecular flexibility index (Phi) is 27.1. The zero-order valence-electron chi connectivity index (χ0n) is 19.1. The van der Waals surface area contributed by atoms with Crippen molar-refractivity contribution < 1.29 is 37.3 Å². The fourth-order valence-electron chi connectivity index (χ4n) is 2.36. The summed E-state index contributed by atoms with van der Waals surface area (Å²) in [6.07, 6.45) is 8.99. The van der Waals surface area contributed by atoms with Gasteiger partial charge in [0.2, 0.25) is 0 Å². The Balaban J connectivity index is 0.